The van der Waals surface area contributed by atoms with Crippen LogP contribution in [0.5, 0.6) is 0 Å². The zero-order chi connectivity index (χ0) is 18.1. The molecular weight excluding hydrogens is 355 g/mol. The van der Waals surface area contributed by atoms with E-state index in [1.165, 1.54) is 44.4 Å². The SMILES string of the molecule is Cc1ccc(NC(=O)c2ccc(Cl)c(S(=O)(=O)N(C)C)c2)c(F)c1. The summed E-state index contributed by atoms with van der Waals surface area (Å²) in [5.74, 6) is -1.21. The minimum Gasteiger partial charge on any atom is -0.319 e. The van der Waals surface area contributed by atoms with Crippen molar-refractivity contribution in [1.29, 1.82) is 0 Å². The molecule has 2 aromatic carbocycles. The van der Waals surface area contributed by atoms with Crippen molar-refractivity contribution in [2.75, 3.05) is 19.4 Å². The maximum Gasteiger partial charge on any atom is 0.255 e. The molecule has 5 nitrogen and oxygen atoms in total. The molecule has 0 aliphatic carbocycles. The summed E-state index contributed by atoms with van der Waals surface area (Å²) in [7, 11) is -1.08. The number of hydrogen-bond donors (Lipinski definition) is 1. The average molecular weight is 371 g/mol. The van der Waals surface area contributed by atoms with Gasteiger partial charge in [0.1, 0.15) is 10.7 Å². The van der Waals surface area contributed by atoms with Crippen LogP contribution in [0.2, 0.25) is 5.02 Å². The number of hydrogen-bond acceptors (Lipinski definition) is 3. The Kier molecular flexibility index (Phi) is 5.27. The van der Waals surface area contributed by atoms with Gasteiger partial charge in [0.15, 0.2) is 0 Å². The van der Waals surface area contributed by atoms with Crippen LogP contribution in [0.15, 0.2) is 41.3 Å². The van der Waals surface area contributed by atoms with E-state index in [-0.39, 0.29) is 21.2 Å². The van der Waals surface area contributed by atoms with Crippen LogP contribution in [-0.2, 0) is 10.0 Å². The molecule has 0 aromatic heterocycles. The van der Waals surface area contributed by atoms with Crippen molar-refractivity contribution in [1.82, 2.24) is 4.31 Å². The summed E-state index contributed by atoms with van der Waals surface area (Å²) in [5.41, 5.74) is 0.786. The van der Waals surface area contributed by atoms with Gasteiger partial charge in [-0.2, -0.15) is 0 Å². The third kappa shape index (κ3) is 3.75. The van der Waals surface area contributed by atoms with Gasteiger partial charge in [-0.05, 0) is 42.8 Å². The summed E-state index contributed by atoms with van der Waals surface area (Å²) in [6, 6.07) is 8.24. The highest BCUT2D eigenvalue weighted by atomic mass is 35.5. The van der Waals surface area contributed by atoms with Gasteiger partial charge in [-0.25, -0.2) is 17.1 Å². The van der Waals surface area contributed by atoms with E-state index in [1.807, 2.05) is 0 Å². The van der Waals surface area contributed by atoms with Gasteiger partial charge in [0.2, 0.25) is 10.0 Å². The molecule has 2 aromatic rings. The summed E-state index contributed by atoms with van der Waals surface area (Å²) < 4.78 is 39.3. The van der Waals surface area contributed by atoms with Gasteiger partial charge in [-0.3, -0.25) is 4.79 Å². The van der Waals surface area contributed by atoms with E-state index in [4.69, 9.17) is 11.6 Å². The van der Waals surface area contributed by atoms with Crippen molar-refractivity contribution in [2.45, 2.75) is 11.8 Å². The predicted molar refractivity (Wildman–Crippen MR) is 91.4 cm³/mol. The molecule has 1 N–H and O–H groups in total. The van der Waals surface area contributed by atoms with Crippen LogP contribution in [0, 0.1) is 12.7 Å². The molecule has 0 aliphatic heterocycles. The van der Waals surface area contributed by atoms with Crippen LogP contribution in [0.1, 0.15) is 15.9 Å². The fourth-order valence-electron chi connectivity index (χ4n) is 1.95. The summed E-state index contributed by atoms with van der Waals surface area (Å²) in [6.45, 7) is 1.73. The van der Waals surface area contributed by atoms with Gasteiger partial charge in [-0.15, -0.1) is 0 Å². The standard InChI is InChI=1S/C16H16ClFN2O3S/c1-10-4-7-14(13(18)8-10)19-16(21)11-5-6-12(17)15(9-11)24(22,23)20(2)3/h4-9H,1-3H3,(H,19,21). The molecule has 0 saturated carbocycles. The first-order valence-electron chi connectivity index (χ1n) is 6.92. The van der Waals surface area contributed by atoms with E-state index in [0.29, 0.717) is 0 Å². The van der Waals surface area contributed by atoms with Gasteiger partial charge in [0, 0.05) is 19.7 Å². The summed E-state index contributed by atoms with van der Waals surface area (Å²) >= 11 is 5.93. The fourth-order valence-corrected chi connectivity index (χ4v) is 3.35. The Balaban J connectivity index is 2.37. The largest absolute Gasteiger partial charge is 0.319 e. The molecule has 0 spiro atoms. The second-order valence-electron chi connectivity index (χ2n) is 5.37. The molecule has 0 unspecified atom stereocenters. The summed E-state index contributed by atoms with van der Waals surface area (Å²) in [4.78, 5) is 12.1. The van der Waals surface area contributed by atoms with Crippen molar-refractivity contribution in [3.8, 4) is 0 Å². The first-order chi connectivity index (χ1) is 11.1. The van der Waals surface area contributed by atoms with Gasteiger partial charge >= 0.3 is 0 Å². The second-order valence-corrected chi connectivity index (χ2v) is 7.90. The molecule has 2 rings (SSSR count). The number of carbonyl (C=O) groups excluding carboxylic acids is 1. The smallest absolute Gasteiger partial charge is 0.255 e. The lowest BCUT2D eigenvalue weighted by atomic mass is 10.2. The quantitative estimate of drug-likeness (QED) is 0.898. The fraction of sp³-hybridized carbons (Fsp3) is 0.188. The maximum absolute atomic E-state index is 13.8. The molecule has 0 aliphatic rings. The molecule has 0 bridgehead atoms. The van der Waals surface area contributed by atoms with Crippen LogP contribution in [0.4, 0.5) is 10.1 Å². The van der Waals surface area contributed by atoms with E-state index in [1.54, 1.807) is 13.0 Å². The minimum absolute atomic E-state index is 0.00164. The summed E-state index contributed by atoms with van der Waals surface area (Å²) in [6.07, 6.45) is 0. The number of anilines is 1. The third-order valence-electron chi connectivity index (χ3n) is 3.32. The van der Waals surface area contributed by atoms with E-state index in [0.717, 1.165) is 9.87 Å². The van der Waals surface area contributed by atoms with Gasteiger partial charge in [-0.1, -0.05) is 17.7 Å². The molecule has 128 valence electrons. The normalized spacial score (nSPS) is 11.6. The van der Waals surface area contributed by atoms with Crippen LogP contribution in [-0.4, -0.2) is 32.7 Å². The molecule has 0 fully saturated rings. The number of nitrogens with zero attached hydrogens (tertiary/aromatic N) is 1. The molecule has 0 radical (unpaired) electrons. The van der Waals surface area contributed by atoms with Crippen molar-refractivity contribution in [2.24, 2.45) is 0 Å². The highest BCUT2D eigenvalue weighted by Crippen LogP contribution is 2.25. The number of amides is 1. The number of aryl methyl sites for hydroxylation is 1. The van der Waals surface area contributed by atoms with Crippen molar-refractivity contribution >= 4 is 33.2 Å². The molecular formula is C16H16ClFN2O3S. The van der Waals surface area contributed by atoms with Crippen LogP contribution >= 0.6 is 11.6 Å². The number of carbonyl (C=O) groups is 1. The predicted octanol–water partition coefficient (Wildman–Crippen LogP) is 3.29. The molecule has 24 heavy (non-hydrogen) atoms. The van der Waals surface area contributed by atoms with Crippen LogP contribution in [0.25, 0.3) is 0 Å². The van der Waals surface area contributed by atoms with Gasteiger partial charge < -0.3 is 5.32 Å². The number of rotatable bonds is 4. The van der Waals surface area contributed by atoms with E-state index >= 15 is 0 Å². The Bertz CT molecular complexity index is 898. The Hall–Kier alpha value is -1.96. The Labute approximate surface area is 145 Å². The zero-order valence-corrected chi connectivity index (χ0v) is 14.9. The third-order valence-corrected chi connectivity index (χ3v) is 5.62. The molecule has 1 amide bonds. The summed E-state index contributed by atoms with van der Waals surface area (Å²) in [5, 5.41) is 2.42. The molecule has 0 atom stereocenters. The van der Waals surface area contributed by atoms with Crippen molar-refractivity contribution < 1.29 is 17.6 Å². The second kappa shape index (κ2) is 6.88. The Morgan fingerprint density at radius 3 is 2.42 bits per heavy atom. The van der Waals surface area contributed by atoms with Crippen LogP contribution < -0.4 is 5.32 Å². The van der Waals surface area contributed by atoms with Gasteiger partial charge in [0.05, 0.1) is 10.7 Å². The average Bonchev–Trinajstić information content (AvgIpc) is 2.50. The molecule has 0 saturated heterocycles. The number of sulfonamides is 1. The van der Waals surface area contributed by atoms with E-state index < -0.39 is 21.7 Å². The highest BCUT2D eigenvalue weighted by molar-refractivity contribution is 7.89. The number of halogens is 2. The topological polar surface area (TPSA) is 66.5 Å². The van der Waals surface area contributed by atoms with Crippen LogP contribution in [0.3, 0.4) is 0 Å². The van der Waals surface area contributed by atoms with Crippen molar-refractivity contribution in [3.05, 3.63) is 58.4 Å². The maximum atomic E-state index is 13.8. The molecule has 0 heterocycles. The monoisotopic (exact) mass is 370 g/mol. The number of nitrogens with one attached hydrogen (secondary N) is 1. The van der Waals surface area contributed by atoms with Gasteiger partial charge in [0.25, 0.3) is 5.91 Å². The highest BCUT2D eigenvalue weighted by Gasteiger charge is 2.22. The Morgan fingerprint density at radius 1 is 1.17 bits per heavy atom. The first kappa shape index (κ1) is 18.4. The first-order valence-corrected chi connectivity index (χ1v) is 8.74. The Morgan fingerprint density at radius 2 is 1.83 bits per heavy atom. The lowest BCUT2D eigenvalue weighted by Crippen LogP contribution is -2.23. The molecule has 8 heteroatoms. The van der Waals surface area contributed by atoms with E-state index in [9.17, 15) is 17.6 Å². The zero-order valence-electron chi connectivity index (χ0n) is 13.3. The van der Waals surface area contributed by atoms with Crippen molar-refractivity contribution in [3.63, 3.8) is 0 Å². The lowest BCUT2D eigenvalue weighted by molar-refractivity contribution is 0.102. The van der Waals surface area contributed by atoms with E-state index in [2.05, 4.69) is 5.32 Å². The number of benzene rings is 2. The minimum atomic E-state index is -3.80. The lowest BCUT2D eigenvalue weighted by Gasteiger charge is -2.14.